The Hall–Kier alpha value is -0.360. The summed E-state index contributed by atoms with van der Waals surface area (Å²) in [5.41, 5.74) is 0. The van der Waals surface area contributed by atoms with Crippen LogP contribution in [-0.2, 0) is 0 Å². The van der Waals surface area contributed by atoms with E-state index in [0.29, 0.717) is 0 Å². The molecule has 0 fully saturated rings. The van der Waals surface area contributed by atoms with Gasteiger partial charge in [0.25, 0.3) is 0 Å². The van der Waals surface area contributed by atoms with Gasteiger partial charge in [-0.05, 0) is 28.2 Å². The number of rotatable bonds is 27. The zero-order valence-corrected chi connectivity index (χ0v) is 29.6. The third-order valence-corrected chi connectivity index (χ3v) is 8.32. The van der Waals surface area contributed by atoms with Gasteiger partial charge in [0.1, 0.15) is 0 Å². The molecule has 0 aliphatic rings. The van der Waals surface area contributed by atoms with Crippen LogP contribution in [0.25, 0.3) is 0 Å². The summed E-state index contributed by atoms with van der Waals surface area (Å²) < 4.78 is 4.36. The maximum Gasteiger partial charge on any atom is 0.0909 e. The molecule has 0 aliphatic heterocycles. The third kappa shape index (κ3) is 25.4. The van der Waals surface area contributed by atoms with E-state index >= 15 is 0 Å². The largest absolute Gasteiger partial charge is 0.328 e. The fourth-order valence-corrected chi connectivity index (χ4v) is 4.99. The van der Waals surface area contributed by atoms with Crippen molar-refractivity contribution in [3.05, 3.63) is 0 Å². The minimum absolute atomic E-state index is 1.06. The summed E-state index contributed by atoms with van der Waals surface area (Å²) >= 11 is 0. The summed E-state index contributed by atoms with van der Waals surface area (Å²) in [7, 11) is 27.6. The van der Waals surface area contributed by atoms with Crippen LogP contribution in [0.2, 0.25) is 0 Å². The molecule has 0 atom stereocenters. The predicted octanol–water partition coefficient (Wildman–Crippen LogP) is 0.354. The minimum atomic E-state index is 1.06. The second kappa shape index (κ2) is 20.5. The number of hydrogen-bond donors (Lipinski definition) is 3. The van der Waals surface area contributed by atoms with E-state index in [4.69, 9.17) is 0 Å². The topological polar surface area (TPSA) is 42.6 Å². The van der Waals surface area contributed by atoms with Crippen molar-refractivity contribution >= 4 is 0 Å². The van der Waals surface area contributed by atoms with Gasteiger partial charge in [-0.1, -0.05) is 0 Å². The minimum Gasteiger partial charge on any atom is -0.328 e. The lowest BCUT2D eigenvalue weighted by atomic mass is 10.3. The lowest BCUT2D eigenvalue weighted by Crippen LogP contribution is -2.51. The standard InChI is InChI=1S/C31H77N9/c1-35(2)22-14-25-37(5,6)24-13-16-32-17-28-39(9,10)29-20-34-21-31-40(11,12)30-19-33-18-27-38(7,8)26-15-23-36(3)4/h32-34H,13-31H2,1-12H3/q+4. The van der Waals surface area contributed by atoms with Crippen LogP contribution in [0.3, 0.4) is 0 Å². The number of likely N-dealkylation sites (N-methyl/N-ethyl adjacent to an activating group) is 3. The molecule has 9 heteroatoms. The van der Waals surface area contributed by atoms with Gasteiger partial charge in [-0.3, -0.25) is 0 Å². The van der Waals surface area contributed by atoms with Gasteiger partial charge in [0.15, 0.2) is 0 Å². The maximum atomic E-state index is 3.71. The highest BCUT2D eigenvalue weighted by molar-refractivity contribution is 4.53. The van der Waals surface area contributed by atoms with Crippen LogP contribution in [0.15, 0.2) is 0 Å². The van der Waals surface area contributed by atoms with Gasteiger partial charge in [0.2, 0.25) is 0 Å². The summed E-state index contributed by atoms with van der Waals surface area (Å²) in [4.78, 5) is 4.57. The predicted molar refractivity (Wildman–Crippen MR) is 177 cm³/mol. The van der Waals surface area contributed by atoms with Crippen molar-refractivity contribution in [3.8, 4) is 0 Å². The Morgan fingerprint density at radius 2 is 0.600 bits per heavy atom. The van der Waals surface area contributed by atoms with Crippen molar-refractivity contribution in [3.63, 3.8) is 0 Å². The molecule has 0 aliphatic carbocycles. The van der Waals surface area contributed by atoms with Crippen molar-refractivity contribution in [1.82, 2.24) is 25.8 Å². The fraction of sp³-hybridized carbons (Fsp3) is 1.00. The average Bonchev–Trinajstić information content (AvgIpc) is 2.79. The van der Waals surface area contributed by atoms with Gasteiger partial charge in [0.05, 0.1) is 109 Å². The first-order valence-electron chi connectivity index (χ1n) is 16.2. The molecule has 0 radical (unpaired) electrons. The van der Waals surface area contributed by atoms with Crippen LogP contribution in [-0.4, -0.2) is 217 Å². The highest BCUT2D eigenvalue weighted by Gasteiger charge is 2.18. The molecule has 0 amide bonds. The van der Waals surface area contributed by atoms with Crippen LogP contribution in [0.1, 0.15) is 19.3 Å². The van der Waals surface area contributed by atoms with Gasteiger partial charge in [-0.25, -0.2) is 0 Å². The first-order valence-corrected chi connectivity index (χ1v) is 16.2. The molecule has 0 aromatic rings. The SMILES string of the molecule is CN(C)CCC[N+](C)(C)CCCNCC[N+](C)(C)CCNCC[N+](C)(C)CCNCC[N+](C)(C)CCCN(C)C. The summed E-state index contributed by atoms with van der Waals surface area (Å²) in [5, 5.41) is 11.1. The van der Waals surface area contributed by atoms with E-state index in [2.05, 4.69) is 110 Å². The molecule has 0 bridgehead atoms. The van der Waals surface area contributed by atoms with Crippen LogP contribution < -0.4 is 16.0 Å². The highest BCUT2D eigenvalue weighted by atomic mass is 15.3. The Balaban J connectivity index is 3.86. The number of quaternary nitrogens is 4. The average molecular weight is 576 g/mol. The van der Waals surface area contributed by atoms with Crippen LogP contribution in [0, 0.1) is 0 Å². The van der Waals surface area contributed by atoms with Crippen molar-refractivity contribution in [2.75, 3.05) is 189 Å². The zero-order chi connectivity index (χ0) is 30.7. The smallest absolute Gasteiger partial charge is 0.0909 e. The van der Waals surface area contributed by atoms with E-state index in [1.807, 2.05) is 0 Å². The second-order valence-corrected chi connectivity index (χ2v) is 15.4. The molecular weight excluding hydrogens is 498 g/mol. The second-order valence-electron chi connectivity index (χ2n) is 15.4. The summed E-state index contributed by atoms with van der Waals surface area (Å²) in [5.74, 6) is 0. The van der Waals surface area contributed by atoms with Crippen LogP contribution >= 0.6 is 0 Å². The molecule has 0 spiro atoms. The fourth-order valence-electron chi connectivity index (χ4n) is 4.99. The van der Waals surface area contributed by atoms with Gasteiger partial charge in [0, 0.05) is 71.6 Å². The maximum absolute atomic E-state index is 3.71. The molecule has 242 valence electrons. The molecule has 40 heavy (non-hydrogen) atoms. The molecule has 0 aromatic carbocycles. The quantitative estimate of drug-likeness (QED) is 0.0975. The first-order chi connectivity index (χ1) is 18.5. The molecule has 0 aromatic heterocycles. The Labute approximate surface area is 252 Å². The number of nitrogens with zero attached hydrogens (tertiary/aromatic N) is 6. The molecular formula is C31H77N9+4. The van der Waals surface area contributed by atoms with Gasteiger partial charge >= 0.3 is 0 Å². The summed E-state index contributed by atoms with van der Waals surface area (Å²) in [6, 6.07) is 0. The Kier molecular flexibility index (Phi) is 20.3. The van der Waals surface area contributed by atoms with Gasteiger partial charge in [-0.15, -0.1) is 0 Å². The Bertz CT molecular complexity index is 604. The molecule has 0 saturated heterocycles. The molecule has 0 heterocycles. The van der Waals surface area contributed by atoms with Crippen LogP contribution in [0.4, 0.5) is 0 Å². The van der Waals surface area contributed by atoms with E-state index in [0.717, 1.165) is 57.2 Å². The molecule has 3 N–H and O–H groups in total. The molecule has 9 nitrogen and oxygen atoms in total. The molecule has 0 unspecified atom stereocenters. The van der Waals surface area contributed by atoms with E-state index < -0.39 is 0 Å². The lowest BCUT2D eigenvalue weighted by molar-refractivity contribution is -0.891. The van der Waals surface area contributed by atoms with E-state index in [9.17, 15) is 0 Å². The summed E-state index contributed by atoms with van der Waals surface area (Å²) in [6.45, 7) is 18.6. The zero-order valence-electron chi connectivity index (χ0n) is 29.6. The first kappa shape index (κ1) is 39.6. The Morgan fingerprint density at radius 1 is 0.350 bits per heavy atom. The third-order valence-electron chi connectivity index (χ3n) is 8.32. The number of hydrogen-bond acceptors (Lipinski definition) is 5. The normalized spacial score (nSPS) is 13.7. The molecule has 0 saturated carbocycles. The number of nitrogens with one attached hydrogen (secondary N) is 3. The van der Waals surface area contributed by atoms with Crippen molar-refractivity contribution < 1.29 is 17.9 Å². The van der Waals surface area contributed by atoms with Crippen molar-refractivity contribution in [1.29, 1.82) is 0 Å². The van der Waals surface area contributed by atoms with E-state index in [1.54, 1.807) is 0 Å². The lowest BCUT2D eigenvalue weighted by Gasteiger charge is -2.32. The monoisotopic (exact) mass is 576 g/mol. The van der Waals surface area contributed by atoms with Gasteiger partial charge in [-0.2, -0.15) is 0 Å². The Morgan fingerprint density at radius 3 is 0.925 bits per heavy atom. The van der Waals surface area contributed by atoms with Crippen LogP contribution in [0.5, 0.6) is 0 Å². The highest BCUT2D eigenvalue weighted by Crippen LogP contribution is 2.02. The van der Waals surface area contributed by atoms with E-state index in [-0.39, 0.29) is 0 Å². The van der Waals surface area contributed by atoms with E-state index in [1.165, 1.54) is 84.7 Å². The van der Waals surface area contributed by atoms with Crippen molar-refractivity contribution in [2.45, 2.75) is 19.3 Å². The van der Waals surface area contributed by atoms with Crippen molar-refractivity contribution in [2.24, 2.45) is 0 Å². The molecule has 0 rings (SSSR count). The summed E-state index contributed by atoms with van der Waals surface area (Å²) in [6.07, 6.45) is 3.79. The van der Waals surface area contributed by atoms with Gasteiger partial charge < -0.3 is 43.7 Å².